The zero-order valence-electron chi connectivity index (χ0n) is 7.75. The molecule has 0 heterocycles. The van der Waals surface area contributed by atoms with E-state index in [1.54, 1.807) is 6.92 Å². The van der Waals surface area contributed by atoms with Crippen LogP contribution in [0.15, 0.2) is 0 Å². The van der Waals surface area contributed by atoms with Gasteiger partial charge in [-0.15, -0.1) is 17.0 Å². The van der Waals surface area contributed by atoms with Crippen LogP contribution in [0, 0.1) is 5.92 Å². The van der Waals surface area contributed by atoms with Crippen molar-refractivity contribution in [3.05, 3.63) is 0 Å². The van der Waals surface area contributed by atoms with Crippen molar-refractivity contribution in [1.82, 2.24) is 0 Å². The molecule has 1 saturated carbocycles. The zero-order chi connectivity index (χ0) is 8.97. The number of rotatable bonds is 2. The molecule has 0 atom stereocenters. The van der Waals surface area contributed by atoms with Gasteiger partial charge < -0.3 is 4.74 Å². The Kier molecular flexibility index (Phi) is 5.95. The summed E-state index contributed by atoms with van der Waals surface area (Å²) in [5.74, 6) is 0.114. The van der Waals surface area contributed by atoms with Gasteiger partial charge in [-0.1, -0.05) is 0 Å². The summed E-state index contributed by atoms with van der Waals surface area (Å²) >= 11 is 0. The molecule has 4 heteroatoms. The molecule has 0 radical (unpaired) electrons. The second kappa shape index (κ2) is 6.13. The van der Waals surface area contributed by atoms with E-state index in [9.17, 15) is 9.59 Å². The van der Waals surface area contributed by atoms with Crippen molar-refractivity contribution >= 4 is 28.7 Å². The number of hydrogen-bond donors (Lipinski definition) is 0. The Morgan fingerprint density at radius 1 is 1.46 bits per heavy atom. The molecule has 1 fully saturated rings. The predicted octanol–water partition coefficient (Wildman–Crippen LogP) is 1.89. The molecule has 0 aromatic heterocycles. The summed E-state index contributed by atoms with van der Waals surface area (Å²) in [6.07, 6.45) is 2.45. The van der Waals surface area contributed by atoms with Gasteiger partial charge in [0.15, 0.2) is 0 Å². The molecule has 0 N–H and O–H groups in total. The highest BCUT2D eigenvalue weighted by atomic mass is 79.9. The SMILES string of the molecule is Br.CCOC(=O)C1CCC(=O)CC1. The lowest BCUT2D eigenvalue weighted by molar-refractivity contribution is -0.149. The normalized spacial score (nSPS) is 17.8. The third-order valence-electron chi connectivity index (χ3n) is 2.16. The molecule has 0 saturated heterocycles. The van der Waals surface area contributed by atoms with E-state index >= 15 is 0 Å². The minimum Gasteiger partial charge on any atom is -0.466 e. The Morgan fingerprint density at radius 2 is 2.00 bits per heavy atom. The molecular formula is C9H15BrO3. The number of Topliss-reactive ketones (excluding diaryl/α,β-unsaturated/α-hetero) is 1. The van der Waals surface area contributed by atoms with Crippen LogP contribution >= 0.6 is 17.0 Å². The molecule has 0 aromatic carbocycles. The van der Waals surface area contributed by atoms with E-state index in [4.69, 9.17) is 4.74 Å². The monoisotopic (exact) mass is 250 g/mol. The molecule has 0 unspecified atom stereocenters. The van der Waals surface area contributed by atoms with Crippen molar-refractivity contribution in [1.29, 1.82) is 0 Å². The van der Waals surface area contributed by atoms with Gasteiger partial charge in [0, 0.05) is 12.8 Å². The summed E-state index contributed by atoms with van der Waals surface area (Å²) < 4.78 is 4.87. The van der Waals surface area contributed by atoms with Crippen LogP contribution in [0.25, 0.3) is 0 Å². The van der Waals surface area contributed by atoms with Crippen LogP contribution in [-0.4, -0.2) is 18.4 Å². The first-order valence-corrected chi connectivity index (χ1v) is 4.42. The summed E-state index contributed by atoms with van der Waals surface area (Å²) in [4.78, 5) is 22.0. The van der Waals surface area contributed by atoms with Crippen LogP contribution in [0.1, 0.15) is 32.6 Å². The summed E-state index contributed by atoms with van der Waals surface area (Å²) in [6, 6.07) is 0. The molecule has 3 nitrogen and oxygen atoms in total. The quantitative estimate of drug-likeness (QED) is 0.704. The smallest absolute Gasteiger partial charge is 0.308 e. The number of hydrogen-bond acceptors (Lipinski definition) is 3. The van der Waals surface area contributed by atoms with E-state index in [0.717, 1.165) is 0 Å². The van der Waals surface area contributed by atoms with Crippen molar-refractivity contribution in [2.75, 3.05) is 6.61 Å². The van der Waals surface area contributed by atoms with Gasteiger partial charge in [0.05, 0.1) is 12.5 Å². The largest absolute Gasteiger partial charge is 0.466 e. The molecule has 0 amide bonds. The van der Waals surface area contributed by atoms with Crippen LogP contribution in [0.2, 0.25) is 0 Å². The fourth-order valence-corrected chi connectivity index (χ4v) is 1.44. The van der Waals surface area contributed by atoms with Gasteiger partial charge >= 0.3 is 5.97 Å². The lowest BCUT2D eigenvalue weighted by Crippen LogP contribution is -2.23. The van der Waals surface area contributed by atoms with E-state index in [2.05, 4.69) is 0 Å². The standard InChI is InChI=1S/C9H14O3.BrH/c1-2-12-9(11)7-3-5-8(10)6-4-7;/h7H,2-6H2,1H3;1H. The third kappa shape index (κ3) is 3.89. The predicted molar refractivity (Wildman–Crippen MR) is 53.9 cm³/mol. The molecule has 0 aliphatic heterocycles. The molecule has 1 rings (SSSR count). The first-order valence-electron chi connectivity index (χ1n) is 4.42. The molecule has 76 valence electrons. The van der Waals surface area contributed by atoms with Gasteiger partial charge in [0.25, 0.3) is 0 Å². The van der Waals surface area contributed by atoms with Gasteiger partial charge in [0.2, 0.25) is 0 Å². The van der Waals surface area contributed by atoms with Crippen LogP contribution in [0.3, 0.4) is 0 Å². The van der Waals surface area contributed by atoms with Gasteiger partial charge in [0.1, 0.15) is 5.78 Å². The average molecular weight is 251 g/mol. The van der Waals surface area contributed by atoms with Crippen molar-refractivity contribution in [3.8, 4) is 0 Å². The number of carbonyl (C=O) groups excluding carboxylic acids is 2. The van der Waals surface area contributed by atoms with E-state index in [0.29, 0.717) is 32.3 Å². The van der Waals surface area contributed by atoms with E-state index in [1.165, 1.54) is 0 Å². The summed E-state index contributed by atoms with van der Waals surface area (Å²) in [7, 11) is 0. The fraction of sp³-hybridized carbons (Fsp3) is 0.778. The topological polar surface area (TPSA) is 43.4 Å². The van der Waals surface area contributed by atoms with Gasteiger partial charge in [-0.3, -0.25) is 9.59 Å². The van der Waals surface area contributed by atoms with Gasteiger partial charge in [-0.2, -0.15) is 0 Å². The molecule has 0 bridgehead atoms. The minimum absolute atomic E-state index is 0. The van der Waals surface area contributed by atoms with E-state index < -0.39 is 0 Å². The van der Waals surface area contributed by atoms with Crippen molar-refractivity contribution in [3.63, 3.8) is 0 Å². The molecular weight excluding hydrogens is 236 g/mol. The lowest BCUT2D eigenvalue weighted by atomic mass is 9.88. The summed E-state index contributed by atoms with van der Waals surface area (Å²) in [6.45, 7) is 2.23. The Balaban J connectivity index is 0.00000144. The minimum atomic E-state index is -0.134. The molecule has 0 aromatic rings. The second-order valence-electron chi connectivity index (χ2n) is 3.06. The Hall–Kier alpha value is -0.380. The maximum absolute atomic E-state index is 11.2. The zero-order valence-corrected chi connectivity index (χ0v) is 9.46. The van der Waals surface area contributed by atoms with Crippen molar-refractivity contribution < 1.29 is 14.3 Å². The Labute approximate surface area is 88.6 Å². The maximum atomic E-state index is 11.2. The first kappa shape index (κ1) is 12.6. The van der Waals surface area contributed by atoms with Crippen LogP contribution in [-0.2, 0) is 14.3 Å². The van der Waals surface area contributed by atoms with Crippen molar-refractivity contribution in [2.45, 2.75) is 32.6 Å². The molecule has 1 aliphatic rings. The second-order valence-corrected chi connectivity index (χ2v) is 3.06. The number of carbonyl (C=O) groups is 2. The van der Waals surface area contributed by atoms with Crippen molar-refractivity contribution in [2.24, 2.45) is 5.92 Å². The van der Waals surface area contributed by atoms with Crippen LogP contribution in [0.4, 0.5) is 0 Å². The summed E-state index contributed by atoms with van der Waals surface area (Å²) in [5, 5.41) is 0. The van der Waals surface area contributed by atoms with Crippen LogP contribution < -0.4 is 0 Å². The summed E-state index contributed by atoms with van der Waals surface area (Å²) in [5.41, 5.74) is 0. The highest BCUT2D eigenvalue weighted by molar-refractivity contribution is 8.93. The van der Waals surface area contributed by atoms with Gasteiger partial charge in [-0.25, -0.2) is 0 Å². The lowest BCUT2D eigenvalue weighted by Gasteiger charge is -2.18. The fourth-order valence-electron chi connectivity index (χ4n) is 1.44. The molecule has 1 aliphatic carbocycles. The Bertz CT molecular complexity index is 181. The van der Waals surface area contributed by atoms with Gasteiger partial charge in [-0.05, 0) is 19.8 Å². The number of halogens is 1. The molecule has 13 heavy (non-hydrogen) atoms. The first-order chi connectivity index (χ1) is 5.74. The maximum Gasteiger partial charge on any atom is 0.308 e. The Morgan fingerprint density at radius 3 is 2.46 bits per heavy atom. The average Bonchev–Trinajstić information content (AvgIpc) is 2.06. The highest BCUT2D eigenvalue weighted by Gasteiger charge is 2.25. The number of ketones is 1. The van der Waals surface area contributed by atoms with Crippen LogP contribution in [0.5, 0.6) is 0 Å². The number of ether oxygens (including phenoxy) is 1. The highest BCUT2D eigenvalue weighted by Crippen LogP contribution is 2.22. The number of esters is 1. The third-order valence-corrected chi connectivity index (χ3v) is 2.16. The molecule has 0 spiro atoms. The van der Waals surface area contributed by atoms with E-state index in [-0.39, 0.29) is 34.7 Å². The van der Waals surface area contributed by atoms with E-state index in [1.807, 2.05) is 0 Å².